The molecule has 0 spiro atoms. The second kappa shape index (κ2) is 14.6. The SMILES string of the molecule is COc1ccsc1-c1cc(O[C@H]2CCN3C(=O)N(C)CCCC/C=C\[C@@H]4C[C@@]4(C(=O)NS(=O)(=O)C4(C)CC4)NC(=O)[C@@H]3C2)nc(-c2nc(C(F)(F)F)cs2)n1. The number of hydrogen-bond acceptors (Lipinski definition) is 12. The monoisotopic (exact) mass is 823 g/mol. The van der Waals surface area contributed by atoms with Crippen LogP contribution in [0.5, 0.6) is 11.6 Å². The third-order valence-electron chi connectivity index (χ3n) is 10.6. The number of nitrogens with one attached hydrogen (secondary N) is 2. The zero-order chi connectivity index (χ0) is 39.3. The summed E-state index contributed by atoms with van der Waals surface area (Å²) in [6, 6.07) is 1.73. The molecule has 3 fully saturated rings. The van der Waals surface area contributed by atoms with Gasteiger partial charge in [0, 0.05) is 50.3 Å². The Morgan fingerprint density at radius 1 is 1.13 bits per heavy atom. The Kier molecular flexibility index (Phi) is 10.4. The van der Waals surface area contributed by atoms with Crippen molar-refractivity contribution in [1.29, 1.82) is 0 Å². The molecule has 4 aliphatic rings. The van der Waals surface area contributed by atoms with E-state index in [1.165, 1.54) is 29.4 Å². The van der Waals surface area contributed by atoms with Crippen LogP contribution in [-0.2, 0) is 25.8 Å². The van der Waals surface area contributed by atoms with Gasteiger partial charge in [0.2, 0.25) is 21.8 Å². The molecule has 3 aromatic rings. The van der Waals surface area contributed by atoms with Crippen molar-refractivity contribution in [2.24, 2.45) is 5.92 Å². The number of allylic oxidation sites excluding steroid dienone is 1. The lowest BCUT2D eigenvalue weighted by molar-refractivity contribution is -0.140. The topological polar surface area (TPSA) is 173 Å². The minimum atomic E-state index is -4.67. The predicted octanol–water partition coefficient (Wildman–Crippen LogP) is 5.23. The number of methoxy groups -OCH3 is 1. The number of urea groups is 1. The summed E-state index contributed by atoms with van der Waals surface area (Å²) < 4.78 is 79.6. The van der Waals surface area contributed by atoms with Crippen LogP contribution in [0.3, 0.4) is 0 Å². The van der Waals surface area contributed by atoms with Gasteiger partial charge in [-0.3, -0.25) is 14.3 Å². The highest BCUT2D eigenvalue weighted by Gasteiger charge is 2.63. The minimum absolute atomic E-state index is 0.00410. The van der Waals surface area contributed by atoms with Crippen molar-refractivity contribution in [2.45, 2.75) is 86.9 Å². The molecule has 2 N–H and O–H groups in total. The summed E-state index contributed by atoms with van der Waals surface area (Å²) in [5.41, 5.74) is -2.31. The van der Waals surface area contributed by atoms with Gasteiger partial charge in [-0.25, -0.2) is 23.2 Å². The first-order valence-corrected chi connectivity index (χ1v) is 21.1. The number of hydrogen-bond donors (Lipinski definition) is 2. The number of sulfonamides is 1. The lowest BCUT2D eigenvalue weighted by Crippen LogP contribution is -2.61. The van der Waals surface area contributed by atoms with E-state index in [1.54, 1.807) is 30.3 Å². The standard InChI is InChI=1S/C35H40F3N7O7S3/c1-33(11-12-33)55(49,50)43-31(47)34-18-20(34)8-6-4-5-7-13-44(2)32(48)45-14-9-21(16-23(45)29(46)42-34)52-26-17-22(27-24(51-3)10-15-53-27)39-28(41-26)30-40-25(19-54-30)35(36,37)38/h6,8,10,15,17,19-21,23H,4-5,7,9,11-14,16,18H2,1-3H3,(H,42,46)(H,43,47)/b8-6-/t20-,21+,23+,34-/m1/s1. The molecule has 0 aromatic carbocycles. The fourth-order valence-corrected chi connectivity index (χ4v) is 9.68. The summed E-state index contributed by atoms with van der Waals surface area (Å²) in [6.07, 6.45) is 1.77. The van der Waals surface area contributed by atoms with Crippen molar-refractivity contribution in [3.05, 3.63) is 40.7 Å². The van der Waals surface area contributed by atoms with Crippen molar-refractivity contribution in [2.75, 3.05) is 27.2 Å². The van der Waals surface area contributed by atoms with Gasteiger partial charge >= 0.3 is 12.2 Å². The molecule has 1 saturated heterocycles. The van der Waals surface area contributed by atoms with E-state index >= 15 is 0 Å². The van der Waals surface area contributed by atoms with Crippen molar-refractivity contribution in [3.63, 3.8) is 0 Å². The number of alkyl halides is 3. The van der Waals surface area contributed by atoms with E-state index in [9.17, 15) is 36.0 Å². The maximum Gasteiger partial charge on any atom is 0.434 e. The van der Waals surface area contributed by atoms with Crippen molar-refractivity contribution >= 4 is 50.5 Å². The number of aromatic nitrogens is 3. The van der Waals surface area contributed by atoms with E-state index < -0.39 is 62.1 Å². The van der Waals surface area contributed by atoms with Crippen LogP contribution < -0.4 is 19.5 Å². The maximum atomic E-state index is 14.3. The third kappa shape index (κ3) is 7.89. The summed E-state index contributed by atoms with van der Waals surface area (Å²) in [5.74, 6) is -1.56. The van der Waals surface area contributed by atoms with Gasteiger partial charge in [-0.1, -0.05) is 12.2 Å². The summed E-state index contributed by atoms with van der Waals surface area (Å²) in [4.78, 5) is 58.1. The van der Waals surface area contributed by atoms with Crippen LogP contribution in [0.4, 0.5) is 18.0 Å². The fraction of sp³-hybridized carbons (Fsp3) is 0.543. The Balaban J connectivity index is 1.19. The van der Waals surface area contributed by atoms with E-state index in [2.05, 4.69) is 25.0 Å². The number of piperidine rings is 1. The second-order valence-electron chi connectivity index (χ2n) is 14.5. The first-order valence-electron chi connectivity index (χ1n) is 17.8. The van der Waals surface area contributed by atoms with Gasteiger partial charge in [-0.2, -0.15) is 18.2 Å². The number of fused-ring (bicyclic) bond motifs is 2. The van der Waals surface area contributed by atoms with Crippen LogP contribution >= 0.6 is 22.7 Å². The van der Waals surface area contributed by atoms with Gasteiger partial charge in [0.1, 0.15) is 23.4 Å². The van der Waals surface area contributed by atoms with Crippen LogP contribution in [0.1, 0.15) is 64.0 Å². The van der Waals surface area contributed by atoms with Crippen molar-refractivity contribution in [1.82, 2.24) is 34.8 Å². The van der Waals surface area contributed by atoms with Crippen molar-refractivity contribution in [3.8, 4) is 33.0 Å². The van der Waals surface area contributed by atoms with Crippen LogP contribution in [-0.4, -0.2) is 101 Å². The molecule has 296 valence electrons. The highest BCUT2D eigenvalue weighted by atomic mass is 32.2. The number of halogens is 3. The predicted molar refractivity (Wildman–Crippen MR) is 197 cm³/mol. The number of carbonyl (C=O) groups excluding carboxylic acids is 3. The number of carbonyl (C=O) groups is 3. The number of ether oxygens (including phenoxy) is 2. The Morgan fingerprint density at radius 2 is 1.91 bits per heavy atom. The highest BCUT2D eigenvalue weighted by molar-refractivity contribution is 7.91. The number of amides is 4. The number of rotatable bonds is 8. The van der Waals surface area contributed by atoms with Crippen molar-refractivity contribution < 1.29 is 45.4 Å². The molecule has 5 heterocycles. The normalized spacial score (nSPS) is 26.2. The molecule has 2 aliphatic carbocycles. The van der Waals surface area contributed by atoms with Gasteiger partial charge < -0.3 is 24.6 Å². The molecule has 55 heavy (non-hydrogen) atoms. The van der Waals surface area contributed by atoms with E-state index in [1.807, 2.05) is 12.2 Å². The first-order chi connectivity index (χ1) is 26.0. The maximum absolute atomic E-state index is 14.3. The first kappa shape index (κ1) is 39.0. The van der Waals surface area contributed by atoms with Crippen LogP contribution in [0.2, 0.25) is 0 Å². The Morgan fingerprint density at radius 3 is 2.62 bits per heavy atom. The lowest BCUT2D eigenvalue weighted by Gasteiger charge is -2.40. The van der Waals surface area contributed by atoms with Gasteiger partial charge in [0.05, 0.1) is 22.4 Å². The number of thiazole rings is 1. The summed E-state index contributed by atoms with van der Waals surface area (Å²) in [7, 11) is -0.874. The lowest BCUT2D eigenvalue weighted by atomic mass is 9.97. The molecule has 7 rings (SSSR count). The van der Waals surface area contributed by atoms with E-state index in [0.29, 0.717) is 48.5 Å². The molecule has 0 unspecified atom stereocenters. The van der Waals surface area contributed by atoms with Crippen LogP contribution in [0.25, 0.3) is 21.4 Å². The molecule has 20 heteroatoms. The molecular formula is C35H40F3N7O7S3. The smallest absolute Gasteiger partial charge is 0.434 e. The average molecular weight is 824 g/mol. The van der Waals surface area contributed by atoms with Gasteiger partial charge in [-0.15, -0.1) is 22.7 Å². The van der Waals surface area contributed by atoms with E-state index in [-0.39, 0.29) is 48.6 Å². The van der Waals surface area contributed by atoms with Gasteiger partial charge in [0.15, 0.2) is 16.5 Å². The summed E-state index contributed by atoms with van der Waals surface area (Å²) in [5, 5.41) is 5.41. The molecular weight excluding hydrogens is 784 g/mol. The zero-order valence-corrected chi connectivity index (χ0v) is 32.7. The number of thiophene rings is 1. The Hall–Kier alpha value is -4.30. The minimum Gasteiger partial charge on any atom is -0.495 e. The van der Waals surface area contributed by atoms with E-state index in [4.69, 9.17) is 9.47 Å². The molecule has 14 nitrogen and oxygen atoms in total. The van der Waals surface area contributed by atoms with Crippen LogP contribution in [0, 0.1) is 5.92 Å². The molecule has 2 aliphatic heterocycles. The molecule has 4 atom stereocenters. The quantitative estimate of drug-likeness (QED) is 0.287. The van der Waals surface area contributed by atoms with E-state index in [0.717, 1.165) is 23.1 Å². The van der Waals surface area contributed by atoms with Gasteiger partial charge in [-0.05, 0) is 56.9 Å². The van der Waals surface area contributed by atoms with Crippen LogP contribution in [0.15, 0.2) is 35.0 Å². The molecule has 0 bridgehead atoms. The molecule has 4 amide bonds. The Bertz CT molecular complexity index is 2120. The summed E-state index contributed by atoms with van der Waals surface area (Å²) in [6.45, 7) is 2.11. The van der Waals surface area contributed by atoms with Gasteiger partial charge in [0.25, 0.3) is 5.91 Å². The Labute approximate surface area is 323 Å². The zero-order valence-electron chi connectivity index (χ0n) is 30.2. The molecule has 3 aromatic heterocycles. The largest absolute Gasteiger partial charge is 0.495 e. The summed E-state index contributed by atoms with van der Waals surface area (Å²) >= 11 is 2.02. The molecule has 0 radical (unpaired) electrons. The number of nitrogens with zero attached hydrogens (tertiary/aromatic N) is 5. The highest BCUT2D eigenvalue weighted by Crippen LogP contribution is 2.47. The average Bonchev–Trinajstić information content (AvgIpc) is 3.87. The molecule has 2 saturated carbocycles. The second-order valence-corrected chi connectivity index (χ2v) is 18.5. The fourth-order valence-electron chi connectivity index (χ4n) is 6.79. The third-order valence-corrected chi connectivity index (χ3v) is 14.5.